The molecule has 2 aromatic rings. The molecule has 0 radical (unpaired) electrons. The van der Waals surface area contributed by atoms with E-state index >= 15 is 0 Å². The van der Waals surface area contributed by atoms with Gasteiger partial charge in [0.15, 0.2) is 0 Å². The summed E-state index contributed by atoms with van der Waals surface area (Å²) in [5.41, 5.74) is 8.36. The predicted octanol–water partition coefficient (Wildman–Crippen LogP) is 2.10. The van der Waals surface area contributed by atoms with Gasteiger partial charge >= 0.3 is 0 Å². The second-order valence-corrected chi connectivity index (χ2v) is 4.07. The molecule has 5 heteroatoms. The number of hydrogen-bond donors (Lipinski definition) is 1. The zero-order valence-corrected chi connectivity index (χ0v) is 10.2. The number of hydrogen-bond acceptors (Lipinski definition) is 3. The average molecular weight is 249 g/mol. The second kappa shape index (κ2) is 5.12. The van der Waals surface area contributed by atoms with Crippen LogP contribution in [0.25, 0.3) is 12.2 Å². The van der Waals surface area contributed by atoms with Crippen LogP contribution in [0.5, 0.6) is 0 Å². The molecule has 0 unspecified atom stereocenters. The standard InChI is InChI=1S/C12H13ClN4/c1-17-12(11(8-14)15-16-17)7-4-9-2-5-10(13)6-3-9/h2-7H,8,14H2,1H3/b7-4+. The van der Waals surface area contributed by atoms with Gasteiger partial charge in [0.25, 0.3) is 0 Å². The van der Waals surface area contributed by atoms with E-state index in [1.165, 1.54) is 0 Å². The number of benzene rings is 1. The van der Waals surface area contributed by atoms with Crippen molar-refractivity contribution in [3.63, 3.8) is 0 Å². The van der Waals surface area contributed by atoms with Gasteiger partial charge in [0, 0.05) is 18.6 Å². The highest BCUT2D eigenvalue weighted by atomic mass is 35.5. The van der Waals surface area contributed by atoms with Crippen molar-refractivity contribution in [2.24, 2.45) is 12.8 Å². The Morgan fingerprint density at radius 1 is 1.29 bits per heavy atom. The molecular weight excluding hydrogens is 236 g/mol. The highest BCUT2D eigenvalue weighted by Crippen LogP contribution is 2.13. The third-order valence-electron chi connectivity index (χ3n) is 2.44. The first-order chi connectivity index (χ1) is 8.20. The van der Waals surface area contributed by atoms with Crippen molar-refractivity contribution in [1.82, 2.24) is 15.0 Å². The van der Waals surface area contributed by atoms with Crippen LogP contribution in [0, 0.1) is 0 Å². The summed E-state index contributed by atoms with van der Waals surface area (Å²) in [5.74, 6) is 0. The van der Waals surface area contributed by atoms with E-state index in [4.69, 9.17) is 17.3 Å². The van der Waals surface area contributed by atoms with E-state index in [0.29, 0.717) is 6.54 Å². The summed E-state index contributed by atoms with van der Waals surface area (Å²) >= 11 is 5.82. The van der Waals surface area contributed by atoms with Crippen molar-refractivity contribution in [2.45, 2.75) is 6.54 Å². The first-order valence-electron chi connectivity index (χ1n) is 5.23. The minimum absolute atomic E-state index is 0.383. The normalized spacial score (nSPS) is 11.2. The smallest absolute Gasteiger partial charge is 0.104 e. The van der Waals surface area contributed by atoms with Gasteiger partial charge < -0.3 is 5.73 Å². The van der Waals surface area contributed by atoms with E-state index in [9.17, 15) is 0 Å². The molecule has 2 N–H and O–H groups in total. The Kier molecular flexibility index (Phi) is 3.56. The third-order valence-corrected chi connectivity index (χ3v) is 2.69. The van der Waals surface area contributed by atoms with Crippen molar-refractivity contribution < 1.29 is 0 Å². The highest BCUT2D eigenvalue weighted by Gasteiger charge is 2.04. The zero-order chi connectivity index (χ0) is 12.3. The third kappa shape index (κ3) is 2.72. The Hall–Kier alpha value is -1.65. The summed E-state index contributed by atoms with van der Waals surface area (Å²) in [4.78, 5) is 0. The predicted molar refractivity (Wildman–Crippen MR) is 69.3 cm³/mol. The molecule has 1 heterocycles. The van der Waals surface area contributed by atoms with Gasteiger partial charge in [-0.1, -0.05) is 35.0 Å². The van der Waals surface area contributed by atoms with Crippen LogP contribution in [0.1, 0.15) is 17.0 Å². The molecule has 0 aliphatic carbocycles. The van der Waals surface area contributed by atoms with Gasteiger partial charge in [-0.2, -0.15) is 0 Å². The number of aryl methyl sites for hydroxylation is 1. The fraction of sp³-hybridized carbons (Fsp3) is 0.167. The lowest BCUT2D eigenvalue weighted by Crippen LogP contribution is -2.00. The molecule has 88 valence electrons. The molecule has 0 aliphatic heterocycles. The molecule has 1 aromatic heterocycles. The Labute approximate surface area is 105 Å². The first kappa shape index (κ1) is 11.8. The van der Waals surface area contributed by atoms with Crippen molar-refractivity contribution >= 4 is 23.8 Å². The van der Waals surface area contributed by atoms with Gasteiger partial charge in [0.05, 0.1) is 5.69 Å². The van der Waals surface area contributed by atoms with Gasteiger partial charge in [0.2, 0.25) is 0 Å². The number of nitrogens with zero attached hydrogens (tertiary/aromatic N) is 3. The number of halogens is 1. The SMILES string of the molecule is Cn1nnc(CN)c1/C=C/c1ccc(Cl)cc1. The van der Waals surface area contributed by atoms with Crippen LogP contribution in [0.15, 0.2) is 24.3 Å². The number of nitrogens with two attached hydrogens (primary N) is 1. The largest absolute Gasteiger partial charge is 0.325 e. The molecule has 4 nitrogen and oxygen atoms in total. The zero-order valence-electron chi connectivity index (χ0n) is 9.47. The molecule has 0 fully saturated rings. The average Bonchev–Trinajstić information content (AvgIpc) is 2.69. The van der Waals surface area contributed by atoms with Gasteiger partial charge in [-0.3, -0.25) is 0 Å². The van der Waals surface area contributed by atoms with E-state index in [2.05, 4.69) is 10.3 Å². The second-order valence-electron chi connectivity index (χ2n) is 3.63. The van der Waals surface area contributed by atoms with Crippen LogP contribution in [0.3, 0.4) is 0 Å². The molecule has 2 rings (SSSR count). The molecule has 0 aliphatic rings. The van der Waals surface area contributed by atoms with Crippen LogP contribution in [0.2, 0.25) is 5.02 Å². The summed E-state index contributed by atoms with van der Waals surface area (Å²) in [6.45, 7) is 0.383. The summed E-state index contributed by atoms with van der Waals surface area (Å²) in [5, 5.41) is 8.63. The van der Waals surface area contributed by atoms with E-state index in [1.54, 1.807) is 4.68 Å². The Bertz CT molecular complexity index is 528. The summed E-state index contributed by atoms with van der Waals surface area (Å²) in [6, 6.07) is 7.61. The lowest BCUT2D eigenvalue weighted by Gasteiger charge is -1.97. The monoisotopic (exact) mass is 248 g/mol. The number of aromatic nitrogens is 3. The maximum atomic E-state index is 5.82. The van der Waals surface area contributed by atoms with Crippen molar-refractivity contribution in [1.29, 1.82) is 0 Å². The molecule has 0 amide bonds. The van der Waals surface area contributed by atoms with Crippen molar-refractivity contribution in [3.8, 4) is 0 Å². The molecular formula is C12H13ClN4. The quantitative estimate of drug-likeness (QED) is 0.905. The van der Waals surface area contributed by atoms with Crippen LogP contribution < -0.4 is 5.73 Å². The Balaban J connectivity index is 2.25. The van der Waals surface area contributed by atoms with Crippen LogP contribution in [0.4, 0.5) is 0 Å². The first-order valence-corrected chi connectivity index (χ1v) is 5.61. The summed E-state index contributed by atoms with van der Waals surface area (Å²) < 4.78 is 1.70. The van der Waals surface area contributed by atoms with Crippen LogP contribution in [-0.2, 0) is 13.6 Å². The minimum atomic E-state index is 0.383. The molecule has 1 aromatic carbocycles. The maximum Gasteiger partial charge on any atom is 0.104 e. The fourth-order valence-electron chi connectivity index (χ4n) is 1.51. The van der Waals surface area contributed by atoms with Crippen molar-refractivity contribution in [2.75, 3.05) is 0 Å². The molecule has 0 atom stereocenters. The van der Waals surface area contributed by atoms with Gasteiger partial charge in [0.1, 0.15) is 5.69 Å². The van der Waals surface area contributed by atoms with E-state index in [1.807, 2.05) is 43.5 Å². The highest BCUT2D eigenvalue weighted by molar-refractivity contribution is 6.30. The van der Waals surface area contributed by atoms with Crippen LogP contribution in [-0.4, -0.2) is 15.0 Å². The molecule has 0 saturated heterocycles. The minimum Gasteiger partial charge on any atom is -0.325 e. The molecule has 0 bridgehead atoms. The molecule has 17 heavy (non-hydrogen) atoms. The van der Waals surface area contributed by atoms with Crippen LogP contribution >= 0.6 is 11.6 Å². The Morgan fingerprint density at radius 3 is 2.65 bits per heavy atom. The topological polar surface area (TPSA) is 56.7 Å². The summed E-state index contributed by atoms with van der Waals surface area (Å²) in [6.07, 6.45) is 3.93. The number of rotatable bonds is 3. The lowest BCUT2D eigenvalue weighted by molar-refractivity contribution is 0.708. The van der Waals surface area contributed by atoms with Gasteiger partial charge in [-0.05, 0) is 23.8 Å². The maximum absolute atomic E-state index is 5.82. The fourth-order valence-corrected chi connectivity index (χ4v) is 1.63. The Morgan fingerprint density at radius 2 is 2.00 bits per heavy atom. The van der Waals surface area contributed by atoms with E-state index in [0.717, 1.165) is 22.0 Å². The molecule has 0 saturated carbocycles. The van der Waals surface area contributed by atoms with E-state index < -0.39 is 0 Å². The van der Waals surface area contributed by atoms with Crippen molar-refractivity contribution in [3.05, 3.63) is 46.2 Å². The van der Waals surface area contributed by atoms with Gasteiger partial charge in [-0.15, -0.1) is 5.10 Å². The van der Waals surface area contributed by atoms with E-state index in [-0.39, 0.29) is 0 Å². The lowest BCUT2D eigenvalue weighted by atomic mass is 10.2. The summed E-state index contributed by atoms with van der Waals surface area (Å²) in [7, 11) is 1.84. The molecule has 0 spiro atoms. The van der Waals surface area contributed by atoms with Gasteiger partial charge in [-0.25, -0.2) is 4.68 Å².